The number of methoxy groups -OCH3 is 1. The molecule has 32 heavy (non-hydrogen) atoms. The molecule has 0 atom stereocenters. The van der Waals surface area contributed by atoms with Gasteiger partial charge in [-0.3, -0.25) is 19.7 Å². The highest BCUT2D eigenvalue weighted by Gasteiger charge is 2.22. The van der Waals surface area contributed by atoms with Gasteiger partial charge in [-0.15, -0.1) is 0 Å². The molecule has 0 bridgehead atoms. The number of aromatic amines is 1. The molecule has 0 aliphatic carbocycles. The molecule has 12 heteroatoms. The van der Waals surface area contributed by atoms with E-state index in [1.165, 1.54) is 13.3 Å². The predicted octanol–water partition coefficient (Wildman–Crippen LogP) is 2.18. The Labute approximate surface area is 182 Å². The smallest absolute Gasteiger partial charge is 0.312 e. The lowest BCUT2D eigenvalue weighted by Gasteiger charge is -2.08. The summed E-state index contributed by atoms with van der Waals surface area (Å²) in [6.45, 7) is -0.805. The van der Waals surface area contributed by atoms with E-state index in [0.29, 0.717) is 10.9 Å². The standard InChI is InChI=1S/C20H19N3O8S/c1-30-19-7-6-13(10-17(19)23(26)27)32(28,29)22-9-8-20(25)31-12-18(24)15-11-21-16-5-3-2-4-14(15)16/h2-7,10-11,21-22H,8-9,12H2,1H3. The first kappa shape index (κ1) is 22.9. The second-order valence-corrected chi connectivity index (χ2v) is 8.34. The molecule has 3 aromatic rings. The molecule has 3 rings (SSSR count). The van der Waals surface area contributed by atoms with Gasteiger partial charge in [-0.05, 0) is 18.2 Å². The molecule has 2 N–H and O–H groups in total. The third kappa shape index (κ3) is 5.10. The largest absolute Gasteiger partial charge is 0.490 e. The molecule has 0 saturated heterocycles. The number of para-hydroxylation sites is 1. The van der Waals surface area contributed by atoms with Crippen molar-refractivity contribution in [2.75, 3.05) is 20.3 Å². The van der Waals surface area contributed by atoms with Gasteiger partial charge in [0.1, 0.15) is 0 Å². The summed E-state index contributed by atoms with van der Waals surface area (Å²) in [6, 6.07) is 10.3. The molecule has 0 radical (unpaired) electrons. The Morgan fingerprint density at radius 1 is 1.19 bits per heavy atom. The van der Waals surface area contributed by atoms with E-state index < -0.39 is 39.0 Å². The highest BCUT2D eigenvalue weighted by Crippen LogP contribution is 2.29. The number of nitrogens with zero attached hydrogens (tertiary/aromatic N) is 1. The van der Waals surface area contributed by atoms with Gasteiger partial charge in [0.15, 0.2) is 12.4 Å². The summed E-state index contributed by atoms with van der Waals surface area (Å²) in [5.41, 5.74) is 0.649. The van der Waals surface area contributed by atoms with Crippen molar-refractivity contribution in [2.24, 2.45) is 0 Å². The Hall–Kier alpha value is -3.77. The van der Waals surface area contributed by atoms with E-state index in [9.17, 15) is 28.1 Å². The quantitative estimate of drug-likeness (QED) is 0.201. The van der Waals surface area contributed by atoms with Crippen molar-refractivity contribution >= 4 is 38.4 Å². The summed E-state index contributed by atoms with van der Waals surface area (Å²) >= 11 is 0. The summed E-state index contributed by atoms with van der Waals surface area (Å²) < 4.78 is 36.6. The van der Waals surface area contributed by atoms with Crippen molar-refractivity contribution in [1.82, 2.24) is 9.71 Å². The molecule has 0 spiro atoms. The second-order valence-electron chi connectivity index (χ2n) is 6.57. The fourth-order valence-corrected chi connectivity index (χ4v) is 4.00. The minimum Gasteiger partial charge on any atom is -0.490 e. The van der Waals surface area contributed by atoms with Crippen LogP contribution < -0.4 is 9.46 Å². The topological polar surface area (TPSA) is 158 Å². The first-order valence-corrected chi connectivity index (χ1v) is 10.8. The maximum atomic E-state index is 12.3. The molecule has 1 aromatic heterocycles. The molecule has 0 unspecified atom stereocenters. The molecular formula is C20H19N3O8S. The Morgan fingerprint density at radius 2 is 1.94 bits per heavy atom. The number of hydrogen-bond donors (Lipinski definition) is 2. The van der Waals surface area contributed by atoms with Crippen molar-refractivity contribution in [3.05, 3.63) is 64.3 Å². The third-order valence-corrected chi connectivity index (χ3v) is 5.99. The molecule has 1 heterocycles. The number of rotatable bonds is 10. The number of esters is 1. The number of nitro groups is 1. The Kier molecular flexibility index (Phi) is 6.85. The number of nitro benzene ring substituents is 1. The fraction of sp³-hybridized carbons (Fsp3) is 0.200. The van der Waals surface area contributed by atoms with Crippen LogP contribution in [0.3, 0.4) is 0 Å². The molecule has 0 aliphatic heterocycles. The van der Waals surface area contributed by atoms with E-state index in [4.69, 9.17) is 9.47 Å². The van der Waals surface area contributed by atoms with Crippen LogP contribution in [0.15, 0.2) is 53.6 Å². The summed E-state index contributed by atoms with van der Waals surface area (Å²) in [7, 11) is -2.89. The number of aromatic nitrogens is 1. The van der Waals surface area contributed by atoms with Gasteiger partial charge in [0.05, 0.1) is 23.3 Å². The summed E-state index contributed by atoms with van der Waals surface area (Å²) in [6.07, 6.45) is 1.20. The average Bonchev–Trinajstić information content (AvgIpc) is 3.21. The number of ketones is 1. The molecule has 168 valence electrons. The number of H-pyrrole nitrogens is 1. The fourth-order valence-electron chi connectivity index (χ4n) is 2.95. The highest BCUT2D eigenvalue weighted by atomic mass is 32.2. The van der Waals surface area contributed by atoms with Gasteiger partial charge >= 0.3 is 11.7 Å². The molecule has 11 nitrogen and oxygen atoms in total. The lowest BCUT2D eigenvalue weighted by Crippen LogP contribution is -2.27. The van der Waals surface area contributed by atoms with Crippen LogP contribution in [-0.2, 0) is 19.6 Å². The Balaban J connectivity index is 1.53. The van der Waals surface area contributed by atoms with Gasteiger partial charge in [-0.2, -0.15) is 0 Å². The average molecular weight is 461 g/mol. The number of nitrogens with one attached hydrogen (secondary N) is 2. The van der Waals surface area contributed by atoms with E-state index in [-0.39, 0.29) is 23.6 Å². The number of hydrogen-bond acceptors (Lipinski definition) is 8. The van der Waals surface area contributed by atoms with E-state index in [1.807, 2.05) is 12.1 Å². The van der Waals surface area contributed by atoms with Gasteiger partial charge in [0.25, 0.3) is 0 Å². The maximum absolute atomic E-state index is 12.3. The summed E-state index contributed by atoms with van der Waals surface area (Å²) in [5, 5.41) is 11.8. The van der Waals surface area contributed by atoms with Gasteiger partial charge in [0.2, 0.25) is 15.8 Å². The monoisotopic (exact) mass is 461 g/mol. The number of sulfonamides is 1. The molecular weight excluding hydrogens is 442 g/mol. The van der Waals surface area contributed by atoms with Crippen molar-refractivity contribution < 1.29 is 32.4 Å². The van der Waals surface area contributed by atoms with Crippen molar-refractivity contribution in [1.29, 1.82) is 0 Å². The van der Waals surface area contributed by atoms with Crippen LogP contribution in [0.4, 0.5) is 5.69 Å². The second kappa shape index (κ2) is 9.58. The summed E-state index contributed by atoms with van der Waals surface area (Å²) in [4.78, 5) is 37.1. The molecule has 0 fully saturated rings. The number of Topliss-reactive ketones (excluding diaryl/α,β-unsaturated/α-hetero) is 1. The zero-order chi connectivity index (χ0) is 23.3. The van der Waals surface area contributed by atoms with Crippen LogP contribution in [0.5, 0.6) is 5.75 Å². The van der Waals surface area contributed by atoms with Gasteiger partial charge in [-0.1, -0.05) is 18.2 Å². The minimum absolute atomic E-state index is 0.0857. The van der Waals surface area contributed by atoms with Crippen LogP contribution in [0, 0.1) is 10.1 Å². The predicted molar refractivity (Wildman–Crippen MR) is 113 cm³/mol. The van der Waals surface area contributed by atoms with Crippen LogP contribution in [-0.4, -0.2) is 50.3 Å². The number of fused-ring (bicyclic) bond motifs is 1. The van der Waals surface area contributed by atoms with Crippen LogP contribution in [0.1, 0.15) is 16.8 Å². The number of benzene rings is 2. The van der Waals surface area contributed by atoms with E-state index in [2.05, 4.69) is 9.71 Å². The SMILES string of the molecule is COc1ccc(S(=O)(=O)NCCC(=O)OCC(=O)c2c[nH]c3ccccc23)cc1[N+](=O)[O-]. The number of carbonyl (C=O) groups is 2. The lowest BCUT2D eigenvalue weighted by atomic mass is 10.1. The lowest BCUT2D eigenvalue weighted by molar-refractivity contribution is -0.386. The Bertz CT molecular complexity index is 1280. The number of ether oxygens (including phenoxy) is 2. The molecule has 0 amide bonds. The molecule has 0 aliphatic rings. The minimum atomic E-state index is -4.12. The van der Waals surface area contributed by atoms with Crippen LogP contribution in [0.2, 0.25) is 0 Å². The first-order chi connectivity index (χ1) is 15.2. The van der Waals surface area contributed by atoms with Crippen LogP contribution in [0.25, 0.3) is 10.9 Å². The third-order valence-electron chi connectivity index (χ3n) is 4.53. The molecule has 2 aromatic carbocycles. The van der Waals surface area contributed by atoms with E-state index >= 15 is 0 Å². The van der Waals surface area contributed by atoms with Crippen molar-refractivity contribution in [3.8, 4) is 5.75 Å². The zero-order valence-corrected chi connectivity index (χ0v) is 17.7. The molecule has 0 saturated carbocycles. The number of carbonyl (C=O) groups excluding carboxylic acids is 2. The van der Waals surface area contributed by atoms with E-state index in [1.54, 1.807) is 12.1 Å². The Morgan fingerprint density at radius 3 is 2.66 bits per heavy atom. The highest BCUT2D eigenvalue weighted by molar-refractivity contribution is 7.89. The first-order valence-electron chi connectivity index (χ1n) is 9.30. The van der Waals surface area contributed by atoms with E-state index in [0.717, 1.165) is 23.7 Å². The van der Waals surface area contributed by atoms with Crippen LogP contribution >= 0.6 is 0 Å². The summed E-state index contributed by atoms with van der Waals surface area (Å²) in [5.74, 6) is -1.26. The normalized spacial score (nSPS) is 11.3. The zero-order valence-electron chi connectivity index (χ0n) is 16.9. The van der Waals surface area contributed by atoms with Gasteiger partial charge in [0, 0.05) is 35.3 Å². The van der Waals surface area contributed by atoms with Gasteiger partial charge in [-0.25, -0.2) is 13.1 Å². The maximum Gasteiger partial charge on any atom is 0.312 e. The van der Waals surface area contributed by atoms with Gasteiger partial charge < -0.3 is 14.5 Å². The van der Waals surface area contributed by atoms with Crippen molar-refractivity contribution in [3.63, 3.8) is 0 Å². The van der Waals surface area contributed by atoms with Crippen molar-refractivity contribution in [2.45, 2.75) is 11.3 Å².